The molecule has 3 N–H and O–H groups in total. The molecule has 4 aromatic rings. The molecule has 6 rings (SSSR count). The van der Waals surface area contributed by atoms with E-state index in [9.17, 15) is 52.3 Å². The Labute approximate surface area is 371 Å². The number of azo groups is 2. The second-order valence-electron chi connectivity index (χ2n) is 16.1. The first-order valence-corrected chi connectivity index (χ1v) is 24.5. The van der Waals surface area contributed by atoms with Crippen molar-refractivity contribution >= 4 is 42.4 Å². The Morgan fingerprint density at radius 2 is 1.03 bits per heavy atom. The van der Waals surface area contributed by atoms with Gasteiger partial charge in [0.2, 0.25) is 11.8 Å². The summed E-state index contributed by atoms with van der Waals surface area (Å²) in [5.41, 5.74) is -1.16. The van der Waals surface area contributed by atoms with Gasteiger partial charge in [0.05, 0.1) is 39.3 Å². The van der Waals surface area contributed by atoms with Crippen LogP contribution >= 0.6 is 0 Å². The number of benzene rings is 2. The van der Waals surface area contributed by atoms with Gasteiger partial charge in [-0.3, -0.25) is 23.6 Å². The van der Waals surface area contributed by atoms with Gasteiger partial charge >= 0.3 is 0 Å². The number of rotatable bonds is 16. The third-order valence-electron chi connectivity index (χ3n) is 12.0. The smallest absolute Gasteiger partial charge is 0.281 e. The lowest BCUT2D eigenvalue weighted by molar-refractivity contribution is 0.209. The molecule has 20 heteroatoms. The van der Waals surface area contributed by atoms with Crippen molar-refractivity contribution in [1.82, 2.24) is 14.0 Å². The summed E-state index contributed by atoms with van der Waals surface area (Å²) < 4.78 is 56.7. The van der Waals surface area contributed by atoms with E-state index in [-0.39, 0.29) is 93.1 Å². The number of nitriles is 2. The van der Waals surface area contributed by atoms with E-state index >= 15 is 0 Å². The molecule has 2 aromatic heterocycles. The van der Waals surface area contributed by atoms with Crippen LogP contribution in [0.5, 0.6) is 11.8 Å². The van der Waals surface area contributed by atoms with Gasteiger partial charge in [-0.1, -0.05) is 50.7 Å². The minimum atomic E-state index is -3.99. The van der Waals surface area contributed by atoms with Crippen LogP contribution in [0.15, 0.2) is 88.4 Å². The van der Waals surface area contributed by atoms with Gasteiger partial charge in [-0.05, 0) is 75.9 Å². The van der Waals surface area contributed by atoms with Crippen LogP contribution in [0, 0.1) is 36.5 Å². The van der Waals surface area contributed by atoms with Crippen molar-refractivity contribution in [2.75, 3.05) is 37.7 Å². The second kappa shape index (κ2) is 20.6. The number of nitrogens with zero attached hydrogens (tertiary/aromatic N) is 9. The maximum Gasteiger partial charge on any atom is 0.281 e. The zero-order valence-corrected chi connectivity index (χ0v) is 37.4. The van der Waals surface area contributed by atoms with E-state index in [1.165, 1.54) is 76.4 Å². The summed E-state index contributed by atoms with van der Waals surface area (Å²) in [6.07, 6.45) is 8.13. The molecule has 2 aliphatic rings. The van der Waals surface area contributed by atoms with Gasteiger partial charge in [0.25, 0.3) is 11.1 Å². The molecule has 0 unspecified atom stereocenters. The Kier molecular flexibility index (Phi) is 15.3. The molecule has 2 saturated carbocycles. The van der Waals surface area contributed by atoms with E-state index in [0.29, 0.717) is 25.7 Å². The van der Waals surface area contributed by atoms with Crippen molar-refractivity contribution in [2.24, 2.45) is 20.5 Å². The number of pyridine rings is 2. The van der Waals surface area contributed by atoms with Crippen molar-refractivity contribution in [3.8, 4) is 23.9 Å². The van der Waals surface area contributed by atoms with Crippen LogP contribution in [0.4, 0.5) is 22.7 Å². The number of aliphatic hydroxyl groups is 1. The monoisotopic (exact) mass is 913 g/mol. The van der Waals surface area contributed by atoms with Gasteiger partial charge in [0.1, 0.15) is 23.3 Å². The fourth-order valence-electron chi connectivity index (χ4n) is 8.32. The molecular weight excluding hydrogens is 863 g/mol. The lowest BCUT2D eigenvalue weighted by Gasteiger charge is -2.25. The summed E-state index contributed by atoms with van der Waals surface area (Å²) in [5.74, 6) is -1.70. The van der Waals surface area contributed by atoms with E-state index in [0.717, 1.165) is 38.5 Å². The molecular formula is C44H51N9O9S2. The third-order valence-corrected chi connectivity index (χ3v) is 15.3. The average molecular weight is 914 g/mol. The topological polar surface area (TPSA) is 273 Å². The van der Waals surface area contributed by atoms with Gasteiger partial charge in [-0.2, -0.15) is 20.8 Å². The van der Waals surface area contributed by atoms with Crippen LogP contribution in [-0.2, 0) is 19.7 Å². The molecule has 2 heterocycles. The lowest BCUT2D eigenvalue weighted by atomic mass is 9.94. The fourth-order valence-corrected chi connectivity index (χ4v) is 11.0. The number of sulfone groups is 2. The minimum Gasteiger partial charge on any atom is -0.493 e. The minimum absolute atomic E-state index is 0.0162. The molecule has 64 heavy (non-hydrogen) atoms. The summed E-state index contributed by atoms with van der Waals surface area (Å²) in [5, 5.41) is 67.6. The quantitative estimate of drug-likeness (QED) is 0.0945. The highest BCUT2D eigenvalue weighted by molar-refractivity contribution is 7.91. The van der Waals surface area contributed by atoms with Crippen molar-refractivity contribution in [3.05, 3.63) is 91.5 Å². The second-order valence-corrected chi connectivity index (χ2v) is 20.3. The molecule has 338 valence electrons. The van der Waals surface area contributed by atoms with Crippen LogP contribution in [-0.4, -0.2) is 83.9 Å². The third kappa shape index (κ3) is 10.5. The first kappa shape index (κ1) is 47.4. The van der Waals surface area contributed by atoms with Crippen molar-refractivity contribution in [3.63, 3.8) is 0 Å². The molecule has 0 aliphatic heterocycles. The van der Waals surface area contributed by atoms with Crippen molar-refractivity contribution in [2.45, 2.75) is 99.9 Å². The van der Waals surface area contributed by atoms with Crippen LogP contribution < -0.4 is 11.1 Å². The lowest BCUT2D eigenvalue weighted by Crippen LogP contribution is -2.35. The summed E-state index contributed by atoms with van der Waals surface area (Å²) in [6, 6.07) is 14.5. The zero-order valence-electron chi connectivity index (χ0n) is 35.7. The molecule has 2 aliphatic carbocycles. The molecule has 2 fully saturated rings. The number of aromatic nitrogens is 2. The predicted octanol–water partition coefficient (Wildman–Crippen LogP) is 7.16. The molecule has 0 amide bonds. The number of hydrogen-bond donors (Lipinski definition) is 3. The summed E-state index contributed by atoms with van der Waals surface area (Å²) in [4.78, 5) is 28.4. The van der Waals surface area contributed by atoms with Gasteiger partial charge in [-0.25, -0.2) is 16.8 Å². The van der Waals surface area contributed by atoms with E-state index in [4.69, 9.17) is 0 Å². The van der Waals surface area contributed by atoms with Crippen LogP contribution in [0.3, 0.4) is 0 Å². The standard InChI is InChI=1S/C44H51N9O9S2/c1-29-37(27-45)41(55)52(33-13-5-3-6-14-33)43(57)39(29)49-47-31-11-9-17-35(25-31)63(59,60)23-20-51(19-22-54)21-24-64(61,62)36-18-10-12-32(26-36)48-50-40-30(2)38(28-46)42(56)53(44(40)58)34-15-7-4-8-16-34/h9-12,17-18,25-26,33-34,54-56H,3-8,13-16,19-24H2,1-2H3. The van der Waals surface area contributed by atoms with Gasteiger partial charge in [-0.15, -0.1) is 10.2 Å². The number of aromatic hydroxyl groups is 2. The zero-order chi connectivity index (χ0) is 46.2. The van der Waals surface area contributed by atoms with Gasteiger partial charge < -0.3 is 15.3 Å². The SMILES string of the molecule is Cc1c(C#N)c(O)n(C2CCCCC2)c(=O)c1N=Nc1cccc(S(=O)(=O)CCN(CCO)CCS(=O)(=O)c2cccc(N=Nc3c(C)c(C#N)c(O)n(C4CCCCC4)c3=O)c2)c1. The molecule has 2 aromatic carbocycles. The Hall–Kier alpha value is -6.06. The molecule has 18 nitrogen and oxygen atoms in total. The summed E-state index contributed by atoms with van der Waals surface area (Å²) in [7, 11) is -7.98. The molecule has 0 bridgehead atoms. The predicted molar refractivity (Wildman–Crippen MR) is 237 cm³/mol. The van der Waals surface area contributed by atoms with Crippen LogP contribution in [0.1, 0.15) is 98.5 Å². The Balaban J connectivity index is 1.14. The highest BCUT2D eigenvalue weighted by Crippen LogP contribution is 2.36. The summed E-state index contributed by atoms with van der Waals surface area (Å²) in [6.45, 7) is 2.33. The normalized spacial score (nSPS) is 15.5. The molecule has 0 radical (unpaired) electrons. The Bertz CT molecular complexity index is 2690. The Morgan fingerprint density at radius 1 is 0.641 bits per heavy atom. The van der Waals surface area contributed by atoms with Crippen molar-refractivity contribution in [1.29, 1.82) is 10.5 Å². The summed E-state index contributed by atoms with van der Waals surface area (Å²) >= 11 is 0. The average Bonchev–Trinajstić information content (AvgIpc) is 3.28. The van der Waals surface area contributed by atoms with E-state index in [2.05, 4.69) is 20.5 Å². The first-order chi connectivity index (χ1) is 30.6. The fraction of sp³-hybridized carbons (Fsp3) is 0.455. The van der Waals surface area contributed by atoms with E-state index in [1.54, 1.807) is 0 Å². The van der Waals surface area contributed by atoms with Crippen LogP contribution in [0.25, 0.3) is 0 Å². The maximum absolute atomic E-state index is 13.6. The van der Waals surface area contributed by atoms with E-state index in [1.807, 2.05) is 12.1 Å². The molecule has 0 atom stereocenters. The maximum atomic E-state index is 13.6. The first-order valence-electron chi connectivity index (χ1n) is 21.2. The van der Waals surface area contributed by atoms with Crippen molar-refractivity contribution < 1.29 is 32.2 Å². The number of aliphatic hydroxyl groups excluding tert-OH is 1. The highest BCUT2D eigenvalue weighted by atomic mass is 32.2. The Morgan fingerprint density at radius 3 is 1.39 bits per heavy atom. The van der Waals surface area contributed by atoms with Gasteiger partial charge in [0.15, 0.2) is 31.0 Å². The molecule has 0 spiro atoms. The van der Waals surface area contributed by atoms with Crippen LogP contribution in [0.2, 0.25) is 0 Å². The molecule has 0 saturated heterocycles. The van der Waals surface area contributed by atoms with E-state index < -0.39 is 54.1 Å². The highest BCUT2D eigenvalue weighted by Gasteiger charge is 2.28. The van der Waals surface area contributed by atoms with Gasteiger partial charge in [0, 0.05) is 42.8 Å². The largest absolute Gasteiger partial charge is 0.493 e. The number of hydrogen-bond acceptors (Lipinski definition) is 16.